The van der Waals surface area contributed by atoms with Crippen LogP contribution in [0.1, 0.15) is 30.9 Å². The van der Waals surface area contributed by atoms with Crippen LogP contribution in [0, 0.1) is 5.82 Å². The van der Waals surface area contributed by atoms with Crippen molar-refractivity contribution in [3.63, 3.8) is 0 Å². The zero-order chi connectivity index (χ0) is 26.4. The summed E-state index contributed by atoms with van der Waals surface area (Å²) in [5.74, 6) is -0.278. The monoisotopic (exact) mass is 504 g/mol. The lowest BCUT2D eigenvalue weighted by Crippen LogP contribution is -2.61. The fourth-order valence-corrected chi connectivity index (χ4v) is 5.62. The molecular formula is C31H41FN4O. The van der Waals surface area contributed by atoms with Gasteiger partial charge in [-0.05, 0) is 67.4 Å². The second kappa shape index (κ2) is 12.6. The number of hydrogen-bond acceptors (Lipinski definition) is 4. The van der Waals surface area contributed by atoms with Crippen LogP contribution < -0.4 is 5.73 Å². The molecule has 3 unspecified atom stereocenters. The van der Waals surface area contributed by atoms with E-state index in [1.54, 1.807) is 12.1 Å². The number of amides is 1. The van der Waals surface area contributed by atoms with Gasteiger partial charge in [-0.3, -0.25) is 9.69 Å². The van der Waals surface area contributed by atoms with Gasteiger partial charge in [0.2, 0.25) is 5.91 Å². The number of likely N-dealkylation sites (N-methyl/N-ethyl adjacent to an activating group) is 1. The largest absolute Gasteiger partial charge is 0.336 e. The maximum absolute atomic E-state index is 13.4. The lowest BCUT2D eigenvalue weighted by Gasteiger charge is -2.46. The summed E-state index contributed by atoms with van der Waals surface area (Å²) in [4.78, 5) is 20.3. The van der Waals surface area contributed by atoms with Crippen LogP contribution >= 0.6 is 0 Å². The van der Waals surface area contributed by atoms with Gasteiger partial charge >= 0.3 is 0 Å². The van der Waals surface area contributed by atoms with Gasteiger partial charge in [0.15, 0.2) is 0 Å². The highest BCUT2D eigenvalue weighted by Gasteiger charge is 2.35. The number of carbonyl (C=O) groups excluding carboxylic acids is 1. The van der Waals surface area contributed by atoms with Crippen molar-refractivity contribution in [2.24, 2.45) is 5.73 Å². The quantitative estimate of drug-likeness (QED) is 0.447. The fourth-order valence-electron chi connectivity index (χ4n) is 5.62. The highest BCUT2D eigenvalue weighted by atomic mass is 19.1. The van der Waals surface area contributed by atoms with E-state index in [-0.39, 0.29) is 17.8 Å². The molecule has 0 aliphatic carbocycles. The van der Waals surface area contributed by atoms with Gasteiger partial charge in [-0.25, -0.2) is 4.39 Å². The predicted molar refractivity (Wildman–Crippen MR) is 150 cm³/mol. The summed E-state index contributed by atoms with van der Waals surface area (Å²) >= 11 is 0. The molecule has 6 heteroatoms. The molecule has 3 atom stereocenters. The zero-order valence-electron chi connectivity index (χ0n) is 22.4. The van der Waals surface area contributed by atoms with Crippen LogP contribution in [0.15, 0.2) is 66.7 Å². The van der Waals surface area contributed by atoms with Gasteiger partial charge in [0.1, 0.15) is 5.82 Å². The summed E-state index contributed by atoms with van der Waals surface area (Å²) in [6.45, 7) is 5.51. The van der Waals surface area contributed by atoms with Crippen LogP contribution in [0.3, 0.4) is 0 Å². The van der Waals surface area contributed by atoms with Crippen LogP contribution in [0.25, 0.3) is 10.8 Å². The van der Waals surface area contributed by atoms with E-state index in [4.69, 9.17) is 5.73 Å². The molecule has 0 radical (unpaired) electrons. The maximum Gasteiger partial charge on any atom is 0.240 e. The highest BCUT2D eigenvalue weighted by Crippen LogP contribution is 2.22. The van der Waals surface area contributed by atoms with Crippen molar-refractivity contribution in [1.82, 2.24) is 14.7 Å². The minimum Gasteiger partial charge on any atom is -0.336 e. The smallest absolute Gasteiger partial charge is 0.240 e. The Bertz CT molecular complexity index is 1170. The van der Waals surface area contributed by atoms with Gasteiger partial charge in [-0.15, -0.1) is 0 Å². The van der Waals surface area contributed by atoms with E-state index in [9.17, 15) is 9.18 Å². The Morgan fingerprint density at radius 3 is 2.41 bits per heavy atom. The number of nitrogens with zero attached hydrogens (tertiary/aromatic N) is 3. The Hall–Kier alpha value is -2.80. The molecule has 4 rings (SSSR count). The van der Waals surface area contributed by atoms with Crippen LogP contribution in [0.4, 0.5) is 4.39 Å². The van der Waals surface area contributed by atoms with Crippen molar-refractivity contribution < 1.29 is 9.18 Å². The third-order valence-corrected chi connectivity index (χ3v) is 7.48. The van der Waals surface area contributed by atoms with E-state index in [1.165, 1.54) is 28.5 Å². The third kappa shape index (κ3) is 7.16. The van der Waals surface area contributed by atoms with Crippen molar-refractivity contribution in [2.75, 3.05) is 40.3 Å². The first-order valence-corrected chi connectivity index (χ1v) is 13.5. The van der Waals surface area contributed by atoms with E-state index < -0.39 is 6.04 Å². The van der Waals surface area contributed by atoms with Gasteiger partial charge in [-0.2, -0.15) is 0 Å². The molecule has 1 amide bonds. The molecule has 1 heterocycles. The Kier molecular flexibility index (Phi) is 9.30. The van der Waals surface area contributed by atoms with Gasteiger partial charge < -0.3 is 15.5 Å². The zero-order valence-corrected chi connectivity index (χ0v) is 22.4. The number of benzene rings is 3. The second-order valence-corrected chi connectivity index (χ2v) is 10.7. The Balaban J connectivity index is 1.46. The number of carbonyl (C=O) groups is 1. The standard InChI is InChI=1S/C31H41FN4O/c1-4-7-28-22-35(16-17-36(28)31(37)30(33)20-23-11-14-27(32)15-12-23)29(21-34(2)3)19-24-10-13-25-8-5-6-9-26(25)18-24/h5-6,8-15,18,28-30H,4,7,16-17,19-22,33H2,1-3H3. The van der Waals surface area contributed by atoms with Crippen LogP contribution in [0.5, 0.6) is 0 Å². The fraction of sp³-hybridized carbons (Fsp3) is 0.452. The minimum atomic E-state index is -0.619. The molecule has 1 aliphatic rings. The Morgan fingerprint density at radius 2 is 1.70 bits per heavy atom. The molecule has 3 aromatic carbocycles. The first-order chi connectivity index (χ1) is 17.8. The number of hydrogen-bond donors (Lipinski definition) is 1. The summed E-state index contributed by atoms with van der Waals surface area (Å²) in [6.07, 6.45) is 3.36. The summed E-state index contributed by atoms with van der Waals surface area (Å²) < 4.78 is 13.3. The highest BCUT2D eigenvalue weighted by molar-refractivity contribution is 5.83. The number of rotatable bonds is 10. The van der Waals surface area contributed by atoms with E-state index in [2.05, 4.69) is 73.3 Å². The lowest BCUT2D eigenvalue weighted by atomic mass is 9.97. The third-order valence-electron chi connectivity index (χ3n) is 7.48. The molecular weight excluding hydrogens is 463 g/mol. The summed E-state index contributed by atoms with van der Waals surface area (Å²) in [7, 11) is 4.26. The SMILES string of the molecule is CCCC1CN(C(Cc2ccc3ccccc3c2)CN(C)C)CCN1C(=O)C(N)Cc1ccc(F)cc1. The van der Waals surface area contributed by atoms with Gasteiger partial charge in [0, 0.05) is 38.3 Å². The van der Waals surface area contributed by atoms with Crippen molar-refractivity contribution in [1.29, 1.82) is 0 Å². The average Bonchev–Trinajstić information content (AvgIpc) is 2.89. The van der Waals surface area contributed by atoms with Gasteiger partial charge in [0.25, 0.3) is 0 Å². The minimum absolute atomic E-state index is 0.00103. The van der Waals surface area contributed by atoms with Crippen LogP contribution in [-0.4, -0.2) is 79.0 Å². The molecule has 2 N–H and O–H groups in total. The maximum atomic E-state index is 13.4. The molecule has 37 heavy (non-hydrogen) atoms. The van der Waals surface area contributed by atoms with Gasteiger partial charge in [0.05, 0.1) is 6.04 Å². The summed E-state index contributed by atoms with van der Waals surface area (Å²) in [5, 5.41) is 2.54. The normalized spacial score (nSPS) is 18.3. The predicted octanol–water partition coefficient (Wildman–Crippen LogP) is 4.33. The molecule has 1 aliphatic heterocycles. The molecule has 1 fully saturated rings. The molecule has 198 valence electrons. The van der Waals surface area contributed by atoms with Crippen LogP contribution in [0.2, 0.25) is 0 Å². The first kappa shape index (κ1) is 27.2. The molecule has 0 spiro atoms. The number of nitrogens with two attached hydrogens (primary N) is 1. The average molecular weight is 505 g/mol. The number of fused-ring (bicyclic) bond motifs is 1. The lowest BCUT2D eigenvalue weighted by molar-refractivity contribution is -0.138. The van der Waals surface area contributed by atoms with Crippen molar-refractivity contribution in [3.05, 3.63) is 83.7 Å². The summed E-state index contributed by atoms with van der Waals surface area (Å²) in [6, 6.07) is 21.4. The molecule has 3 aromatic rings. The Morgan fingerprint density at radius 1 is 1.00 bits per heavy atom. The number of halogens is 1. The van der Waals surface area contributed by atoms with Crippen molar-refractivity contribution in [2.45, 2.75) is 50.7 Å². The molecule has 5 nitrogen and oxygen atoms in total. The molecule has 1 saturated heterocycles. The van der Waals surface area contributed by atoms with Crippen LogP contribution in [-0.2, 0) is 17.6 Å². The molecule has 0 aromatic heterocycles. The Labute approximate surface area is 221 Å². The van der Waals surface area contributed by atoms with E-state index in [0.29, 0.717) is 19.0 Å². The molecule has 0 saturated carbocycles. The topological polar surface area (TPSA) is 52.8 Å². The van der Waals surface area contributed by atoms with E-state index >= 15 is 0 Å². The van der Waals surface area contributed by atoms with Gasteiger partial charge in [-0.1, -0.05) is 67.9 Å². The van der Waals surface area contributed by atoms with E-state index in [1.807, 2.05) is 4.90 Å². The second-order valence-electron chi connectivity index (χ2n) is 10.7. The first-order valence-electron chi connectivity index (χ1n) is 13.5. The van der Waals surface area contributed by atoms with E-state index in [0.717, 1.165) is 44.5 Å². The summed E-state index contributed by atoms with van der Waals surface area (Å²) in [5.41, 5.74) is 8.61. The molecule has 0 bridgehead atoms. The van der Waals surface area contributed by atoms with Crippen molar-refractivity contribution >= 4 is 16.7 Å². The van der Waals surface area contributed by atoms with Crippen molar-refractivity contribution in [3.8, 4) is 0 Å². The number of piperazine rings is 1.